The molecule has 7 nitrogen and oxygen atoms in total. The normalized spacial score (nSPS) is 13.2. The number of aryl methyl sites for hydroxylation is 2. The minimum Gasteiger partial charge on any atom is -0.352 e. The molecular weight excluding hydrogens is 603 g/mol. The molecule has 0 heterocycles. The second-order valence-electron chi connectivity index (χ2n) is 10.5. The van der Waals surface area contributed by atoms with Gasteiger partial charge in [0.25, 0.3) is 10.0 Å². The summed E-state index contributed by atoms with van der Waals surface area (Å²) >= 11 is 5.81. The number of halogens is 4. The number of rotatable bonds is 11. The van der Waals surface area contributed by atoms with E-state index in [0.717, 1.165) is 23.3 Å². The number of hydrogen-bond donors (Lipinski definition) is 1. The second-order valence-corrected chi connectivity index (χ2v) is 12.8. The highest BCUT2D eigenvalue weighted by atomic mass is 35.5. The van der Waals surface area contributed by atoms with Gasteiger partial charge in [-0.2, -0.15) is 13.2 Å². The molecule has 0 bridgehead atoms. The highest BCUT2D eigenvalue weighted by Gasteiger charge is 2.37. The highest BCUT2D eigenvalue weighted by molar-refractivity contribution is 7.92. The highest BCUT2D eigenvalue weighted by Crippen LogP contribution is 2.38. The smallest absolute Gasteiger partial charge is 0.352 e. The van der Waals surface area contributed by atoms with Crippen LogP contribution in [0.5, 0.6) is 0 Å². The third-order valence-corrected chi connectivity index (χ3v) is 9.19. The Balaban J connectivity index is 2.11. The van der Waals surface area contributed by atoms with Gasteiger partial charge in [0.05, 0.1) is 21.2 Å². The SMILES string of the molecule is CC[C@H](C)NC(=O)[C@H](C)N(Cc1ccc(C)cc1)C(=O)CN(c1ccc(Cl)c(C(F)(F)F)c1)S(=O)(=O)c1ccc(C)cc1. The number of benzene rings is 3. The van der Waals surface area contributed by atoms with Crippen molar-refractivity contribution < 1.29 is 31.2 Å². The lowest BCUT2D eigenvalue weighted by atomic mass is 10.1. The van der Waals surface area contributed by atoms with Gasteiger partial charge in [0.15, 0.2) is 0 Å². The fraction of sp³-hybridized carbons (Fsp3) is 0.355. The third-order valence-electron chi connectivity index (χ3n) is 7.07. The number of amides is 2. The molecule has 0 fully saturated rings. The first-order valence-electron chi connectivity index (χ1n) is 13.7. The zero-order chi connectivity index (χ0) is 32.1. The van der Waals surface area contributed by atoms with Gasteiger partial charge >= 0.3 is 6.18 Å². The van der Waals surface area contributed by atoms with Crippen molar-refractivity contribution in [3.05, 3.63) is 94.0 Å². The van der Waals surface area contributed by atoms with E-state index in [1.165, 1.54) is 24.0 Å². The van der Waals surface area contributed by atoms with Crippen LogP contribution in [0.15, 0.2) is 71.6 Å². The molecule has 232 valence electrons. The van der Waals surface area contributed by atoms with Gasteiger partial charge in [0, 0.05) is 12.6 Å². The van der Waals surface area contributed by atoms with Crippen molar-refractivity contribution in [2.75, 3.05) is 10.8 Å². The number of carbonyl (C=O) groups is 2. The largest absolute Gasteiger partial charge is 0.417 e. The van der Waals surface area contributed by atoms with Gasteiger partial charge in [-0.1, -0.05) is 66.0 Å². The summed E-state index contributed by atoms with van der Waals surface area (Å²) in [5.74, 6) is -1.24. The van der Waals surface area contributed by atoms with E-state index in [2.05, 4.69) is 5.32 Å². The lowest BCUT2D eigenvalue weighted by Gasteiger charge is -2.32. The van der Waals surface area contributed by atoms with Crippen LogP contribution >= 0.6 is 11.6 Å². The average Bonchev–Trinajstić information content (AvgIpc) is 2.95. The summed E-state index contributed by atoms with van der Waals surface area (Å²) in [4.78, 5) is 28.1. The number of hydrogen-bond acceptors (Lipinski definition) is 4. The molecule has 0 aliphatic rings. The minimum atomic E-state index is -4.88. The molecule has 12 heteroatoms. The predicted molar refractivity (Wildman–Crippen MR) is 161 cm³/mol. The Bertz CT molecular complexity index is 1550. The molecule has 0 radical (unpaired) electrons. The van der Waals surface area contributed by atoms with Gasteiger partial charge in [-0.3, -0.25) is 13.9 Å². The van der Waals surface area contributed by atoms with Crippen molar-refractivity contribution in [1.82, 2.24) is 10.2 Å². The maximum Gasteiger partial charge on any atom is 0.417 e. The van der Waals surface area contributed by atoms with Crippen molar-refractivity contribution >= 4 is 39.1 Å². The molecule has 2 atom stereocenters. The maximum absolute atomic E-state index is 14.0. The molecule has 0 aromatic heterocycles. The van der Waals surface area contributed by atoms with Crippen LogP contribution in [0, 0.1) is 13.8 Å². The Kier molecular flexibility index (Phi) is 10.9. The van der Waals surface area contributed by atoms with Crippen LogP contribution in [0.2, 0.25) is 5.02 Å². The number of nitrogens with zero attached hydrogens (tertiary/aromatic N) is 2. The van der Waals surface area contributed by atoms with Gasteiger partial charge in [-0.25, -0.2) is 8.42 Å². The van der Waals surface area contributed by atoms with Crippen LogP contribution in [-0.2, 0) is 32.3 Å². The summed E-state index contributed by atoms with van der Waals surface area (Å²) in [5, 5.41) is 2.21. The molecule has 3 aromatic rings. The first-order valence-corrected chi connectivity index (χ1v) is 15.5. The van der Waals surface area contributed by atoms with Crippen molar-refractivity contribution in [3.8, 4) is 0 Å². The van der Waals surface area contributed by atoms with Crippen LogP contribution < -0.4 is 9.62 Å². The summed E-state index contributed by atoms with van der Waals surface area (Å²) < 4.78 is 69.7. The number of sulfonamides is 1. The Labute approximate surface area is 255 Å². The zero-order valence-corrected chi connectivity index (χ0v) is 26.1. The van der Waals surface area contributed by atoms with E-state index in [0.29, 0.717) is 22.4 Å². The topological polar surface area (TPSA) is 86.8 Å². The summed E-state index contributed by atoms with van der Waals surface area (Å²) in [7, 11) is -4.55. The Hall–Kier alpha value is -3.57. The average molecular weight is 638 g/mol. The van der Waals surface area contributed by atoms with Crippen molar-refractivity contribution in [2.24, 2.45) is 0 Å². The molecule has 0 aliphatic carbocycles. The first-order chi connectivity index (χ1) is 20.0. The van der Waals surface area contributed by atoms with Crippen LogP contribution in [0.4, 0.5) is 18.9 Å². The van der Waals surface area contributed by atoms with E-state index in [1.54, 1.807) is 31.2 Å². The lowest BCUT2D eigenvalue weighted by Crippen LogP contribution is -2.52. The van der Waals surface area contributed by atoms with Gasteiger partial charge in [-0.15, -0.1) is 0 Å². The van der Waals surface area contributed by atoms with E-state index in [1.807, 2.05) is 32.9 Å². The Morgan fingerprint density at radius 1 is 0.930 bits per heavy atom. The number of anilines is 1. The molecule has 0 spiro atoms. The molecule has 0 saturated heterocycles. The van der Waals surface area contributed by atoms with Gasteiger partial charge in [-0.05, 0) is 70.0 Å². The molecule has 0 saturated carbocycles. The summed E-state index contributed by atoms with van der Waals surface area (Å²) in [6.45, 7) is 7.95. The van der Waals surface area contributed by atoms with Crippen LogP contribution in [0.25, 0.3) is 0 Å². The van der Waals surface area contributed by atoms with E-state index >= 15 is 0 Å². The summed E-state index contributed by atoms with van der Waals surface area (Å²) in [6.07, 6.45) is -4.23. The van der Waals surface area contributed by atoms with Gasteiger partial charge < -0.3 is 10.2 Å². The zero-order valence-electron chi connectivity index (χ0n) is 24.6. The number of nitrogens with one attached hydrogen (secondary N) is 1. The monoisotopic (exact) mass is 637 g/mol. The van der Waals surface area contributed by atoms with E-state index in [9.17, 15) is 31.2 Å². The molecule has 2 amide bonds. The quantitative estimate of drug-likeness (QED) is 0.260. The standard InChI is InChI=1S/C31H35ClF3N3O4S/c1-6-22(4)36-30(40)23(5)37(18-24-11-7-20(2)8-12-24)29(39)19-38(43(41,42)26-14-9-21(3)10-15-26)25-13-16-28(32)27(17-25)31(33,34)35/h7-17,22-23H,6,18-19H2,1-5H3,(H,36,40)/t22-,23-/m0/s1. The molecule has 43 heavy (non-hydrogen) atoms. The fourth-order valence-electron chi connectivity index (χ4n) is 4.19. The number of alkyl halides is 3. The van der Waals surface area contributed by atoms with Crippen molar-refractivity contribution in [2.45, 2.75) is 70.7 Å². The predicted octanol–water partition coefficient (Wildman–Crippen LogP) is 6.50. The molecule has 3 aromatic carbocycles. The van der Waals surface area contributed by atoms with E-state index in [4.69, 9.17) is 11.6 Å². The number of carbonyl (C=O) groups excluding carboxylic acids is 2. The first kappa shape index (κ1) is 33.9. The second kappa shape index (κ2) is 13.8. The summed E-state index contributed by atoms with van der Waals surface area (Å²) in [5.41, 5.74) is 0.764. The lowest BCUT2D eigenvalue weighted by molar-refractivity contribution is -0.139. The van der Waals surface area contributed by atoms with Crippen LogP contribution in [0.1, 0.15) is 49.4 Å². The third kappa shape index (κ3) is 8.51. The molecule has 0 aliphatic heterocycles. The maximum atomic E-state index is 14.0. The van der Waals surface area contributed by atoms with Gasteiger partial charge in [0.1, 0.15) is 12.6 Å². The fourth-order valence-corrected chi connectivity index (χ4v) is 5.82. The van der Waals surface area contributed by atoms with Crippen LogP contribution in [-0.4, -0.2) is 43.8 Å². The molecule has 3 rings (SSSR count). The van der Waals surface area contributed by atoms with Gasteiger partial charge in [0.2, 0.25) is 11.8 Å². The minimum absolute atomic E-state index is 0.0406. The van der Waals surface area contributed by atoms with E-state index in [-0.39, 0.29) is 17.5 Å². The molecule has 0 unspecified atom stereocenters. The van der Waals surface area contributed by atoms with E-state index < -0.39 is 56.9 Å². The Morgan fingerprint density at radius 3 is 2.02 bits per heavy atom. The molecular formula is C31H35ClF3N3O4S. The molecule has 1 N–H and O–H groups in total. The summed E-state index contributed by atoms with van der Waals surface area (Å²) in [6, 6.07) is 14.4. The van der Waals surface area contributed by atoms with Crippen molar-refractivity contribution in [3.63, 3.8) is 0 Å². The van der Waals surface area contributed by atoms with Crippen LogP contribution in [0.3, 0.4) is 0 Å². The van der Waals surface area contributed by atoms with Crippen molar-refractivity contribution in [1.29, 1.82) is 0 Å². The Morgan fingerprint density at radius 2 is 1.49 bits per heavy atom.